The van der Waals surface area contributed by atoms with Crippen molar-refractivity contribution in [2.24, 2.45) is 11.8 Å². The van der Waals surface area contributed by atoms with Gasteiger partial charge in [0.15, 0.2) is 0 Å². The van der Waals surface area contributed by atoms with E-state index >= 15 is 0 Å². The maximum Gasteiger partial charge on any atom is 0.407 e. The van der Waals surface area contributed by atoms with E-state index in [1.807, 2.05) is 24.3 Å². The summed E-state index contributed by atoms with van der Waals surface area (Å²) in [5.74, 6) is -1.21. The first-order valence-electron chi connectivity index (χ1n) is 10.7. The first-order valence-corrected chi connectivity index (χ1v) is 10.7. The molecule has 7 heteroatoms. The van der Waals surface area contributed by atoms with Crippen molar-refractivity contribution in [1.82, 2.24) is 10.2 Å². The average molecular weight is 420 g/mol. The lowest BCUT2D eigenvalue weighted by molar-refractivity contribution is -0.158. The number of amides is 2. The fourth-order valence-corrected chi connectivity index (χ4v) is 4.76. The molecule has 5 rings (SSSR count). The van der Waals surface area contributed by atoms with Gasteiger partial charge in [0.05, 0.1) is 0 Å². The van der Waals surface area contributed by atoms with Gasteiger partial charge >= 0.3 is 12.1 Å². The molecule has 1 unspecified atom stereocenters. The van der Waals surface area contributed by atoms with Gasteiger partial charge < -0.3 is 20.1 Å². The van der Waals surface area contributed by atoms with Gasteiger partial charge in [-0.3, -0.25) is 4.79 Å². The van der Waals surface area contributed by atoms with Gasteiger partial charge in [0.1, 0.15) is 12.6 Å². The molecule has 31 heavy (non-hydrogen) atoms. The smallest absolute Gasteiger partial charge is 0.407 e. The third-order valence-corrected chi connectivity index (χ3v) is 6.68. The summed E-state index contributed by atoms with van der Waals surface area (Å²) in [6, 6.07) is 15.6. The standard InChI is InChI=1S/C24H24N2O5/c27-22(26-10-9-21(26)23(28)29)19-11-14(19)12-25-24(30)31-13-20-17-7-3-1-5-15(17)16-6-2-4-8-18(16)20/h1-8,14,19-21H,9-13H2,(H,25,30)(H,28,29)/t14-,19-,21?/m1/s1. The Hall–Kier alpha value is -3.35. The van der Waals surface area contributed by atoms with E-state index < -0.39 is 18.1 Å². The van der Waals surface area contributed by atoms with Gasteiger partial charge in [-0.25, -0.2) is 9.59 Å². The Morgan fingerprint density at radius 3 is 2.26 bits per heavy atom. The lowest BCUT2D eigenvalue weighted by atomic mass is 9.98. The summed E-state index contributed by atoms with van der Waals surface area (Å²) in [5.41, 5.74) is 4.67. The second kappa shape index (κ2) is 7.72. The van der Waals surface area contributed by atoms with E-state index in [-0.39, 0.29) is 30.3 Å². The summed E-state index contributed by atoms with van der Waals surface area (Å²) < 4.78 is 5.52. The van der Waals surface area contributed by atoms with Gasteiger partial charge in [0, 0.05) is 24.9 Å². The molecule has 2 N–H and O–H groups in total. The van der Waals surface area contributed by atoms with Crippen molar-refractivity contribution in [3.63, 3.8) is 0 Å². The molecule has 2 fully saturated rings. The van der Waals surface area contributed by atoms with Crippen molar-refractivity contribution < 1.29 is 24.2 Å². The van der Waals surface area contributed by atoms with Crippen molar-refractivity contribution >= 4 is 18.0 Å². The van der Waals surface area contributed by atoms with Crippen LogP contribution in [0.3, 0.4) is 0 Å². The molecule has 0 bridgehead atoms. The van der Waals surface area contributed by atoms with Crippen LogP contribution in [-0.2, 0) is 14.3 Å². The molecular formula is C24H24N2O5. The highest BCUT2D eigenvalue weighted by Crippen LogP contribution is 2.44. The van der Waals surface area contributed by atoms with Gasteiger partial charge in [-0.15, -0.1) is 0 Å². The number of rotatable bonds is 6. The van der Waals surface area contributed by atoms with Gasteiger partial charge in [-0.05, 0) is 41.0 Å². The monoisotopic (exact) mass is 420 g/mol. The van der Waals surface area contributed by atoms with Crippen LogP contribution in [0.15, 0.2) is 48.5 Å². The summed E-state index contributed by atoms with van der Waals surface area (Å²) in [5, 5.41) is 11.9. The van der Waals surface area contributed by atoms with E-state index in [9.17, 15) is 14.4 Å². The number of nitrogens with zero attached hydrogens (tertiary/aromatic N) is 1. The molecule has 1 heterocycles. The first-order chi connectivity index (χ1) is 15.0. The van der Waals surface area contributed by atoms with Crippen LogP contribution in [0.25, 0.3) is 11.1 Å². The highest BCUT2D eigenvalue weighted by molar-refractivity contribution is 5.88. The largest absolute Gasteiger partial charge is 0.480 e. The predicted octanol–water partition coefficient (Wildman–Crippen LogP) is 2.85. The zero-order valence-corrected chi connectivity index (χ0v) is 17.0. The SMILES string of the molecule is O=C(NC[C@H]1C[C@H]1C(=O)N1CCC1C(=O)O)OCC1c2ccccc2-c2ccccc21. The molecule has 2 aromatic rings. The molecule has 3 atom stereocenters. The number of aliphatic carboxylic acids is 1. The minimum Gasteiger partial charge on any atom is -0.480 e. The highest BCUT2D eigenvalue weighted by atomic mass is 16.5. The lowest BCUT2D eigenvalue weighted by Crippen LogP contribution is -2.55. The minimum absolute atomic E-state index is 0.00719. The van der Waals surface area contributed by atoms with Crippen molar-refractivity contribution in [2.75, 3.05) is 19.7 Å². The van der Waals surface area contributed by atoms with Gasteiger partial charge in [-0.2, -0.15) is 0 Å². The van der Waals surface area contributed by atoms with Crippen molar-refractivity contribution in [1.29, 1.82) is 0 Å². The molecule has 160 valence electrons. The van der Waals surface area contributed by atoms with E-state index in [1.165, 1.54) is 16.0 Å². The van der Waals surface area contributed by atoms with Gasteiger partial charge in [0.25, 0.3) is 0 Å². The lowest BCUT2D eigenvalue weighted by Gasteiger charge is -2.38. The number of alkyl carbamates (subject to hydrolysis) is 1. The maximum absolute atomic E-state index is 12.4. The number of carboxylic acids is 1. The number of hydrogen-bond acceptors (Lipinski definition) is 4. The van der Waals surface area contributed by atoms with Crippen LogP contribution in [0.4, 0.5) is 4.79 Å². The van der Waals surface area contributed by atoms with E-state index in [2.05, 4.69) is 29.6 Å². The molecule has 7 nitrogen and oxygen atoms in total. The fraction of sp³-hybridized carbons (Fsp3) is 0.375. The molecular weight excluding hydrogens is 396 g/mol. The fourth-order valence-electron chi connectivity index (χ4n) is 4.76. The number of carboxylic acid groups (broad SMARTS) is 1. The van der Waals surface area contributed by atoms with Gasteiger partial charge in [-0.1, -0.05) is 48.5 Å². The number of ether oxygens (including phenoxy) is 1. The van der Waals surface area contributed by atoms with Crippen molar-refractivity contribution in [2.45, 2.75) is 24.8 Å². The number of carbonyl (C=O) groups excluding carboxylic acids is 2. The second-order valence-corrected chi connectivity index (χ2v) is 8.48. The summed E-state index contributed by atoms with van der Waals surface area (Å²) in [6.07, 6.45) is 0.689. The summed E-state index contributed by atoms with van der Waals surface area (Å²) >= 11 is 0. The molecule has 3 aliphatic rings. The van der Waals surface area contributed by atoms with Crippen LogP contribution in [0, 0.1) is 11.8 Å². The third-order valence-electron chi connectivity index (χ3n) is 6.68. The Bertz CT molecular complexity index is 1010. The average Bonchev–Trinajstić information content (AvgIpc) is 3.45. The van der Waals surface area contributed by atoms with Crippen molar-refractivity contribution in [3.05, 3.63) is 59.7 Å². The maximum atomic E-state index is 12.4. The quantitative estimate of drug-likeness (QED) is 0.749. The van der Waals surface area contributed by atoms with E-state index in [0.717, 1.165) is 11.1 Å². The van der Waals surface area contributed by atoms with Crippen molar-refractivity contribution in [3.8, 4) is 11.1 Å². The van der Waals surface area contributed by atoms with Crippen LogP contribution >= 0.6 is 0 Å². The summed E-state index contributed by atoms with van der Waals surface area (Å²) in [6.45, 7) is 1.11. The number of fused-ring (bicyclic) bond motifs is 3. The Morgan fingerprint density at radius 2 is 1.68 bits per heavy atom. The number of benzene rings is 2. The summed E-state index contributed by atoms with van der Waals surface area (Å²) in [7, 11) is 0. The highest BCUT2D eigenvalue weighted by Gasteiger charge is 2.49. The number of nitrogens with one attached hydrogen (secondary N) is 1. The predicted molar refractivity (Wildman–Crippen MR) is 112 cm³/mol. The zero-order chi connectivity index (χ0) is 21.5. The van der Waals surface area contributed by atoms with E-state index in [1.54, 1.807) is 0 Å². The normalized spacial score (nSPS) is 23.4. The molecule has 2 aliphatic carbocycles. The Morgan fingerprint density at radius 1 is 1.03 bits per heavy atom. The van der Waals surface area contributed by atoms with Crippen LogP contribution in [0.1, 0.15) is 29.9 Å². The molecule has 2 amide bonds. The molecule has 0 spiro atoms. The molecule has 0 aromatic heterocycles. The Labute approximate surface area is 180 Å². The second-order valence-electron chi connectivity index (χ2n) is 8.48. The van der Waals surface area contributed by atoms with E-state index in [4.69, 9.17) is 9.84 Å². The Balaban J connectivity index is 1.12. The summed E-state index contributed by atoms with van der Waals surface area (Å²) in [4.78, 5) is 37.2. The molecule has 1 aliphatic heterocycles. The molecule has 1 saturated carbocycles. The first kappa shape index (κ1) is 19.6. The van der Waals surface area contributed by atoms with Crippen LogP contribution < -0.4 is 5.32 Å². The van der Waals surface area contributed by atoms with Crippen LogP contribution in [0.5, 0.6) is 0 Å². The van der Waals surface area contributed by atoms with Gasteiger partial charge in [0.2, 0.25) is 5.91 Å². The zero-order valence-electron chi connectivity index (χ0n) is 17.0. The molecule has 1 saturated heterocycles. The minimum atomic E-state index is -0.950. The van der Waals surface area contributed by atoms with E-state index in [0.29, 0.717) is 25.9 Å². The number of hydrogen-bond donors (Lipinski definition) is 2. The number of likely N-dealkylation sites (tertiary alicyclic amines) is 1. The van der Waals surface area contributed by atoms with Crippen LogP contribution in [0.2, 0.25) is 0 Å². The number of carbonyl (C=O) groups is 3. The topological polar surface area (TPSA) is 95.9 Å². The molecule has 0 radical (unpaired) electrons. The Kier molecular flexibility index (Phi) is 4.88. The van der Waals surface area contributed by atoms with Crippen LogP contribution in [-0.4, -0.2) is 53.7 Å². The molecule has 2 aromatic carbocycles. The third kappa shape index (κ3) is 3.54.